The lowest BCUT2D eigenvalue weighted by Crippen LogP contribution is -2.00. The minimum atomic E-state index is 1.14. The summed E-state index contributed by atoms with van der Waals surface area (Å²) in [5.74, 6) is 0. The van der Waals surface area contributed by atoms with E-state index in [1.807, 2.05) is 24.8 Å². The van der Waals surface area contributed by atoms with E-state index in [1.54, 1.807) is 0 Å². The van der Waals surface area contributed by atoms with Gasteiger partial charge in [-0.15, -0.1) is 0 Å². The fourth-order valence-electron chi connectivity index (χ4n) is 4.48. The van der Waals surface area contributed by atoms with E-state index in [1.165, 1.54) is 32.9 Å². The molecule has 0 saturated carbocycles. The summed E-state index contributed by atoms with van der Waals surface area (Å²) in [5, 5.41) is 2.51. The molecule has 0 spiro atoms. The van der Waals surface area contributed by atoms with Gasteiger partial charge in [0, 0.05) is 46.7 Å². The van der Waals surface area contributed by atoms with Crippen molar-refractivity contribution in [1.29, 1.82) is 0 Å². The highest BCUT2D eigenvalue weighted by molar-refractivity contribution is 6.10. The summed E-state index contributed by atoms with van der Waals surface area (Å²) < 4.78 is 2.40. The van der Waals surface area contributed by atoms with Gasteiger partial charge < -0.3 is 4.57 Å². The Balaban J connectivity index is 1.81. The summed E-state index contributed by atoms with van der Waals surface area (Å²) in [6, 6.07) is 32.1. The predicted molar refractivity (Wildman–Crippen MR) is 127 cm³/mol. The lowest BCUT2D eigenvalue weighted by molar-refractivity contribution is 1.18. The monoisotopic (exact) mass is 397 g/mol. The SMILES string of the molecule is c1cc(-c2ccncc2)c(-n2c3ccccc3c3ccccc32)c(-c2ccncc2)c1. The maximum atomic E-state index is 4.23. The first-order chi connectivity index (χ1) is 15.4. The minimum absolute atomic E-state index is 1.14. The lowest BCUT2D eigenvalue weighted by atomic mass is 9.96. The molecule has 0 N–H and O–H groups in total. The number of para-hydroxylation sites is 3. The zero-order valence-electron chi connectivity index (χ0n) is 16.8. The summed E-state index contributed by atoms with van der Waals surface area (Å²) >= 11 is 0. The van der Waals surface area contributed by atoms with Crippen molar-refractivity contribution >= 4 is 21.8 Å². The van der Waals surface area contributed by atoms with E-state index in [4.69, 9.17) is 0 Å². The van der Waals surface area contributed by atoms with Crippen LogP contribution in [-0.2, 0) is 0 Å². The van der Waals surface area contributed by atoms with Gasteiger partial charge in [0.2, 0.25) is 0 Å². The quantitative estimate of drug-likeness (QED) is 0.325. The van der Waals surface area contributed by atoms with Gasteiger partial charge in [0.1, 0.15) is 0 Å². The van der Waals surface area contributed by atoms with Gasteiger partial charge in [-0.1, -0.05) is 54.6 Å². The molecule has 0 aliphatic rings. The van der Waals surface area contributed by atoms with Crippen molar-refractivity contribution in [1.82, 2.24) is 14.5 Å². The molecule has 0 radical (unpaired) electrons. The van der Waals surface area contributed by atoms with E-state index in [9.17, 15) is 0 Å². The Kier molecular flexibility index (Phi) is 4.10. The minimum Gasteiger partial charge on any atom is -0.308 e. The Bertz CT molecular complexity index is 1410. The van der Waals surface area contributed by atoms with Crippen LogP contribution in [0.2, 0.25) is 0 Å². The number of hydrogen-bond donors (Lipinski definition) is 0. The van der Waals surface area contributed by atoms with Crippen LogP contribution >= 0.6 is 0 Å². The molecule has 3 heteroatoms. The average molecular weight is 397 g/mol. The number of aromatic nitrogens is 3. The molecule has 0 fully saturated rings. The lowest BCUT2D eigenvalue weighted by Gasteiger charge is -2.19. The Hall–Kier alpha value is -4.24. The van der Waals surface area contributed by atoms with Crippen molar-refractivity contribution in [3.05, 3.63) is 116 Å². The highest BCUT2D eigenvalue weighted by atomic mass is 15.0. The van der Waals surface area contributed by atoms with Crippen LogP contribution in [0.4, 0.5) is 0 Å². The molecule has 6 aromatic rings. The second-order valence-electron chi connectivity index (χ2n) is 7.54. The second-order valence-corrected chi connectivity index (χ2v) is 7.54. The van der Waals surface area contributed by atoms with Gasteiger partial charge in [0.25, 0.3) is 0 Å². The number of nitrogens with zero attached hydrogens (tertiary/aromatic N) is 3. The van der Waals surface area contributed by atoms with Gasteiger partial charge in [-0.25, -0.2) is 0 Å². The van der Waals surface area contributed by atoms with Crippen molar-refractivity contribution in [2.24, 2.45) is 0 Å². The van der Waals surface area contributed by atoms with Crippen LogP contribution in [0, 0.1) is 0 Å². The van der Waals surface area contributed by atoms with Crippen molar-refractivity contribution in [2.75, 3.05) is 0 Å². The third-order valence-electron chi connectivity index (χ3n) is 5.82. The molecule has 0 bridgehead atoms. The fourth-order valence-corrected chi connectivity index (χ4v) is 4.48. The van der Waals surface area contributed by atoms with Gasteiger partial charge in [-0.2, -0.15) is 0 Å². The fraction of sp³-hybridized carbons (Fsp3) is 0. The molecule has 0 aliphatic heterocycles. The molecule has 31 heavy (non-hydrogen) atoms. The first-order valence-corrected chi connectivity index (χ1v) is 10.3. The zero-order valence-corrected chi connectivity index (χ0v) is 16.8. The molecule has 3 heterocycles. The molecule has 3 aromatic heterocycles. The summed E-state index contributed by atoms with van der Waals surface area (Å²) in [4.78, 5) is 8.46. The molecule has 0 saturated heterocycles. The van der Waals surface area contributed by atoms with Crippen LogP contribution < -0.4 is 0 Å². The van der Waals surface area contributed by atoms with Crippen molar-refractivity contribution in [3.63, 3.8) is 0 Å². The van der Waals surface area contributed by atoms with Crippen molar-refractivity contribution in [3.8, 4) is 27.9 Å². The first kappa shape index (κ1) is 17.6. The smallest absolute Gasteiger partial charge is 0.0618 e. The Morgan fingerprint density at radius 3 is 1.39 bits per heavy atom. The molecular formula is C28H19N3. The van der Waals surface area contributed by atoms with E-state index in [0.717, 1.165) is 16.8 Å². The zero-order chi connectivity index (χ0) is 20.6. The van der Waals surface area contributed by atoms with Crippen LogP contribution in [0.1, 0.15) is 0 Å². The van der Waals surface area contributed by atoms with Crippen molar-refractivity contribution < 1.29 is 0 Å². The molecule has 0 atom stereocenters. The molecule has 3 nitrogen and oxygen atoms in total. The van der Waals surface area contributed by atoms with Gasteiger partial charge >= 0.3 is 0 Å². The first-order valence-electron chi connectivity index (χ1n) is 10.3. The maximum Gasteiger partial charge on any atom is 0.0618 e. The van der Waals surface area contributed by atoms with Crippen LogP contribution in [0.5, 0.6) is 0 Å². The molecule has 0 aliphatic carbocycles. The van der Waals surface area contributed by atoms with Crippen LogP contribution in [0.15, 0.2) is 116 Å². The van der Waals surface area contributed by atoms with Gasteiger partial charge in [-0.05, 0) is 47.5 Å². The number of pyridine rings is 2. The largest absolute Gasteiger partial charge is 0.308 e. The molecule has 0 amide bonds. The Morgan fingerprint density at radius 2 is 0.903 bits per heavy atom. The van der Waals surface area contributed by atoms with E-state index in [0.29, 0.717) is 0 Å². The van der Waals surface area contributed by atoms with E-state index in [-0.39, 0.29) is 0 Å². The standard InChI is InChI=1S/C28H19N3/c1-3-10-26-24(6-1)25-7-2-4-11-27(25)31(26)28-22(20-12-16-29-17-13-20)8-5-9-23(28)21-14-18-30-19-15-21/h1-19H. The third-order valence-corrected chi connectivity index (χ3v) is 5.82. The molecular weight excluding hydrogens is 378 g/mol. The number of hydrogen-bond acceptors (Lipinski definition) is 2. The van der Waals surface area contributed by atoms with E-state index in [2.05, 4.69) is 106 Å². The van der Waals surface area contributed by atoms with Gasteiger partial charge in [0.05, 0.1) is 16.7 Å². The van der Waals surface area contributed by atoms with E-state index >= 15 is 0 Å². The third kappa shape index (κ3) is 2.82. The molecule has 146 valence electrons. The average Bonchev–Trinajstić information content (AvgIpc) is 3.19. The number of rotatable bonds is 3. The van der Waals surface area contributed by atoms with Gasteiger partial charge in [0.15, 0.2) is 0 Å². The maximum absolute atomic E-state index is 4.23. The predicted octanol–water partition coefficient (Wildman–Crippen LogP) is 6.91. The summed E-state index contributed by atoms with van der Waals surface area (Å²) in [5.41, 5.74) is 8.18. The summed E-state index contributed by atoms with van der Waals surface area (Å²) in [6.45, 7) is 0. The highest BCUT2D eigenvalue weighted by Crippen LogP contribution is 2.40. The topological polar surface area (TPSA) is 30.7 Å². The highest BCUT2D eigenvalue weighted by Gasteiger charge is 2.19. The Labute approximate surface area is 180 Å². The Morgan fingerprint density at radius 1 is 0.452 bits per heavy atom. The van der Waals surface area contributed by atoms with Crippen LogP contribution in [0.25, 0.3) is 49.7 Å². The van der Waals surface area contributed by atoms with Crippen LogP contribution in [-0.4, -0.2) is 14.5 Å². The van der Waals surface area contributed by atoms with Gasteiger partial charge in [-0.3, -0.25) is 9.97 Å². The normalized spacial score (nSPS) is 11.2. The van der Waals surface area contributed by atoms with Crippen molar-refractivity contribution in [2.45, 2.75) is 0 Å². The summed E-state index contributed by atoms with van der Waals surface area (Å²) in [6.07, 6.45) is 7.41. The molecule has 0 unspecified atom stereocenters. The molecule has 6 rings (SSSR count). The molecule has 3 aromatic carbocycles. The summed E-state index contributed by atoms with van der Waals surface area (Å²) in [7, 11) is 0. The second kappa shape index (κ2) is 7.22. The number of fused-ring (bicyclic) bond motifs is 3. The van der Waals surface area contributed by atoms with E-state index < -0.39 is 0 Å². The number of benzene rings is 3. The van der Waals surface area contributed by atoms with Crippen LogP contribution in [0.3, 0.4) is 0 Å².